The maximum absolute atomic E-state index is 12.2. The van der Waals surface area contributed by atoms with Gasteiger partial charge in [0.2, 0.25) is 17.0 Å². The number of halogens is 1. The lowest BCUT2D eigenvalue weighted by Crippen LogP contribution is -2.39. The van der Waals surface area contributed by atoms with Crippen molar-refractivity contribution < 1.29 is 19.1 Å². The zero-order chi connectivity index (χ0) is 21.4. The number of amides is 2. The van der Waals surface area contributed by atoms with Gasteiger partial charge in [0.25, 0.3) is 5.91 Å². The van der Waals surface area contributed by atoms with Crippen LogP contribution in [-0.4, -0.2) is 47.3 Å². The van der Waals surface area contributed by atoms with E-state index in [4.69, 9.17) is 16.3 Å². The molecule has 1 aromatic carbocycles. The molecule has 0 aliphatic heterocycles. The third kappa shape index (κ3) is 6.42. The molecule has 0 spiro atoms. The molecule has 0 unspecified atom stereocenters. The molecule has 0 atom stereocenters. The van der Waals surface area contributed by atoms with Crippen LogP contribution in [0.25, 0.3) is 5.69 Å². The van der Waals surface area contributed by atoms with E-state index in [9.17, 15) is 19.2 Å². The molecule has 2 aromatic rings. The molecule has 2 N–H and O–H groups in total. The predicted molar refractivity (Wildman–Crippen MR) is 106 cm³/mol. The molecular formula is C19H21ClN4O5. The number of benzene rings is 1. The fraction of sp³-hybridized carbons (Fsp3) is 0.316. The number of aromatic nitrogens is 2. The first-order valence-electron chi connectivity index (χ1n) is 8.89. The Morgan fingerprint density at radius 3 is 2.48 bits per heavy atom. The monoisotopic (exact) mass is 420 g/mol. The van der Waals surface area contributed by atoms with Crippen molar-refractivity contribution in [2.45, 2.75) is 20.3 Å². The molecule has 0 saturated heterocycles. The van der Waals surface area contributed by atoms with Crippen LogP contribution >= 0.6 is 11.6 Å². The lowest BCUT2D eigenvalue weighted by Gasteiger charge is -2.11. The normalized spacial score (nSPS) is 10.3. The number of hydrogen-bond acceptors (Lipinski definition) is 6. The Balaban J connectivity index is 2.02. The van der Waals surface area contributed by atoms with Gasteiger partial charge in [0, 0.05) is 23.3 Å². The van der Waals surface area contributed by atoms with Crippen molar-refractivity contribution in [2.24, 2.45) is 0 Å². The quantitative estimate of drug-likeness (QED) is 0.615. The van der Waals surface area contributed by atoms with Crippen LogP contribution < -0.4 is 16.1 Å². The highest BCUT2D eigenvalue weighted by molar-refractivity contribution is 6.30. The van der Waals surface area contributed by atoms with Crippen molar-refractivity contribution in [3.63, 3.8) is 0 Å². The Morgan fingerprint density at radius 2 is 1.83 bits per heavy atom. The van der Waals surface area contributed by atoms with Crippen LogP contribution in [0.3, 0.4) is 0 Å². The van der Waals surface area contributed by atoms with Crippen molar-refractivity contribution >= 4 is 29.4 Å². The number of rotatable bonds is 8. The van der Waals surface area contributed by atoms with E-state index >= 15 is 0 Å². The topological polar surface area (TPSA) is 119 Å². The first kappa shape index (κ1) is 22.1. The van der Waals surface area contributed by atoms with Crippen molar-refractivity contribution in [2.75, 3.05) is 19.7 Å². The average molecular weight is 421 g/mol. The molecular weight excluding hydrogens is 400 g/mol. The molecule has 10 heteroatoms. The van der Waals surface area contributed by atoms with Crippen LogP contribution in [0, 0.1) is 6.92 Å². The summed E-state index contributed by atoms with van der Waals surface area (Å²) in [5, 5.41) is 9.49. The van der Waals surface area contributed by atoms with Crippen LogP contribution in [0.4, 0.5) is 0 Å². The lowest BCUT2D eigenvalue weighted by atomic mass is 10.3. The molecule has 2 amide bonds. The molecule has 0 bridgehead atoms. The van der Waals surface area contributed by atoms with Gasteiger partial charge in [-0.05, 0) is 37.6 Å². The van der Waals surface area contributed by atoms with Gasteiger partial charge in [-0.15, -0.1) is 0 Å². The van der Waals surface area contributed by atoms with Gasteiger partial charge in [-0.2, -0.15) is 5.10 Å². The summed E-state index contributed by atoms with van der Waals surface area (Å²) >= 11 is 5.87. The highest BCUT2D eigenvalue weighted by atomic mass is 35.5. The van der Waals surface area contributed by atoms with Gasteiger partial charge in [0.15, 0.2) is 6.61 Å². The standard InChI is InChI=1S/C19H21ClN4O5/c1-3-8-21-16(26)10-22-17(27)11-29-19(28)18-15(25)9-12(2)24(23-18)14-6-4-13(20)5-7-14/h4-7,9H,3,8,10-11H2,1-2H3,(H,21,26)(H,22,27). The third-order valence-electron chi connectivity index (χ3n) is 3.72. The van der Waals surface area contributed by atoms with Crippen molar-refractivity contribution in [3.05, 3.63) is 57.0 Å². The molecule has 1 heterocycles. The summed E-state index contributed by atoms with van der Waals surface area (Å²) in [5.41, 5.74) is 0.0117. The third-order valence-corrected chi connectivity index (χ3v) is 3.98. The highest BCUT2D eigenvalue weighted by Gasteiger charge is 2.18. The number of carbonyl (C=O) groups excluding carboxylic acids is 3. The van der Waals surface area contributed by atoms with Crippen molar-refractivity contribution in [1.82, 2.24) is 20.4 Å². The zero-order valence-electron chi connectivity index (χ0n) is 16.0. The van der Waals surface area contributed by atoms with E-state index in [1.54, 1.807) is 31.2 Å². The molecule has 0 aliphatic carbocycles. The Kier molecular flexibility index (Phi) is 7.90. The van der Waals surface area contributed by atoms with Crippen molar-refractivity contribution in [3.8, 4) is 5.69 Å². The second kappa shape index (κ2) is 10.4. The first-order chi connectivity index (χ1) is 13.8. The number of esters is 1. The minimum Gasteiger partial charge on any atom is -0.451 e. The summed E-state index contributed by atoms with van der Waals surface area (Å²) in [6.45, 7) is 3.19. The largest absolute Gasteiger partial charge is 0.451 e. The number of nitrogens with one attached hydrogen (secondary N) is 2. The van der Waals surface area contributed by atoms with E-state index in [1.807, 2.05) is 6.92 Å². The molecule has 0 saturated carbocycles. The second-order valence-corrected chi connectivity index (χ2v) is 6.53. The van der Waals surface area contributed by atoms with Gasteiger partial charge in [-0.3, -0.25) is 14.4 Å². The molecule has 1 aromatic heterocycles. The Morgan fingerprint density at radius 1 is 1.14 bits per heavy atom. The van der Waals surface area contributed by atoms with E-state index < -0.39 is 29.6 Å². The Hall–Kier alpha value is -3.20. The minimum absolute atomic E-state index is 0.234. The van der Waals surface area contributed by atoms with Crippen LogP contribution in [0.5, 0.6) is 0 Å². The average Bonchev–Trinajstić information content (AvgIpc) is 2.69. The van der Waals surface area contributed by atoms with E-state index in [0.29, 0.717) is 22.9 Å². The number of aryl methyl sites for hydroxylation is 1. The van der Waals surface area contributed by atoms with E-state index in [1.165, 1.54) is 10.7 Å². The maximum atomic E-state index is 12.2. The predicted octanol–water partition coefficient (Wildman–Crippen LogP) is 0.994. The van der Waals surface area contributed by atoms with Gasteiger partial charge in [0.05, 0.1) is 12.2 Å². The molecule has 154 valence electrons. The summed E-state index contributed by atoms with van der Waals surface area (Å²) in [4.78, 5) is 47.5. The molecule has 2 rings (SSSR count). The molecule has 0 fully saturated rings. The lowest BCUT2D eigenvalue weighted by molar-refractivity contribution is -0.127. The Labute approximate surface area is 172 Å². The van der Waals surface area contributed by atoms with Crippen LogP contribution in [0.15, 0.2) is 35.1 Å². The molecule has 9 nitrogen and oxygen atoms in total. The fourth-order valence-corrected chi connectivity index (χ4v) is 2.41. The Bertz CT molecular complexity index is 956. The molecule has 0 aliphatic rings. The van der Waals surface area contributed by atoms with E-state index in [-0.39, 0.29) is 12.5 Å². The van der Waals surface area contributed by atoms with E-state index in [0.717, 1.165) is 6.42 Å². The number of ether oxygens (including phenoxy) is 1. The molecule has 29 heavy (non-hydrogen) atoms. The zero-order valence-corrected chi connectivity index (χ0v) is 16.8. The van der Waals surface area contributed by atoms with Gasteiger partial charge < -0.3 is 15.4 Å². The highest BCUT2D eigenvalue weighted by Crippen LogP contribution is 2.13. The maximum Gasteiger partial charge on any atom is 0.363 e. The summed E-state index contributed by atoms with van der Waals surface area (Å²) in [5.74, 6) is -2.06. The summed E-state index contributed by atoms with van der Waals surface area (Å²) < 4.78 is 6.25. The number of nitrogens with zero attached hydrogens (tertiary/aromatic N) is 2. The second-order valence-electron chi connectivity index (χ2n) is 6.09. The fourth-order valence-electron chi connectivity index (χ4n) is 2.29. The number of hydrogen-bond donors (Lipinski definition) is 2. The van der Waals surface area contributed by atoms with Crippen molar-refractivity contribution in [1.29, 1.82) is 0 Å². The van der Waals surface area contributed by atoms with Gasteiger partial charge in [-0.25, -0.2) is 9.48 Å². The summed E-state index contributed by atoms with van der Waals surface area (Å²) in [7, 11) is 0. The van der Waals surface area contributed by atoms with Gasteiger partial charge >= 0.3 is 5.97 Å². The van der Waals surface area contributed by atoms with Gasteiger partial charge in [-0.1, -0.05) is 18.5 Å². The van der Waals surface area contributed by atoms with Gasteiger partial charge in [0.1, 0.15) is 0 Å². The summed E-state index contributed by atoms with van der Waals surface area (Å²) in [6, 6.07) is 7.90. The first-order valence-corrected chi connectivity index (χ1v) is 9.27. The smallest absolute Gasteiger partial charge is 0.363 e. The van der Waals surface area contributed by atoms with Crippen LogP contribution in [0.1, 0.15) is 29.5 Å². The molecule has 0 radical (unpaired) electrons. The van der Waals surface area contributed by atoms with E-state index in [2.05, 4.69) is 15.7 Å². The minimum atomic E-state index is -1.04. The SMILES string of the molecule is CCCNC(=O)CNC(=O)COC(=O)c1nn(-c2ccc(Cl)cc2)c(C)cc1=O. The number of carbonyl (C=O) groups is 3. The van der Waals surface area contributed by atoms with Crippen LogP contribution in [0.2, 0.25) is 5.02 Å². The summed E-state index contributed by atoms with van der Waals surface area (Å²) in [6.07, 6.45) is 0.772. The van der Waals surface area contributed by atoms with Crippen LogP contribution in [-0.2, 0) is 14.3 Å².